The van der Waals surface area contributed by atoms with E-state index in [-0.39, 0.29) is 10.6 Å². The number of rotatable bonds is 4. The molecule has 20 heavy (non-hydrogen) atoms. The van der Waals surface area contributed by atoms with Crippen LogP contribution >= 0.6 is 0 Å². The van der Waals surface area contributed by atoms with E-state index in [1.807, 2.05) is 26.0 Å². The molecule has 1 unspecified atom stereocenters. The normalized spacial score (nSPS) is 13.2. The van der Waals surface area contributed by atoms with Crippen molar-refractivity contribution in [2.45, 2.75) is 24.8 Å². The van der Waals surface area contributed by atoms with Gasteiger partial charge in [0.05, 0.1) is 16.8 Å². The molecule has 0 aliphatic heterocycles. The van der Waals surface area contributed by atoms with E-state index in [9.17, 15) is 13.5 Å². The number of aliphatic hydroxyl groups excluding tert-OH is 1. The number of hydrogen-bond acceptors (Lipinski definition) is 3. The summed E-state index contributed by atoms with van der Waals surface area (Å²) in [5, 5.41) is 10.2. The molecule has 4 heteroatoms. The van der Waals surface area contributed by atoms with Crippen LogP contribution in [-0.2, 0) is 9.84 Å². The molecule has 2 rings (SSSR count). The first kappa shape index (κ1) is 14.8. The lowest BCUT2D eigenvalue weighted by Crippen LogP contribution is -2.15. The topological polar surface area (TPSA) is 54.4 Å². The summed E-state index contributed by atoms with van der Waals surface area (Å²) in [7, 11) is -3.48. The summed E-state index contributed by atoms with van der Waals surface area (Å²) in [5.74, 6) is -0.306. The zero-order valence-corrected chi connectivity index (χ0v) is 12.4. The summed E-state index contributed by atoms with van der Waals surface area (Å²) in [5.41, 5.74) is 2.79. The summed E-state index contributed by atoms with van der Waals surface area (Å²) in [4.78, 5) is 0.239. The van der Waals surface area contributed by atoms with Gasteiger partial charge in [-0.3, -0.25) is 0 Å². The van der Waals surface area contributed by atoms with Crippen molar-refractivity contribution in [1.29, 1.82) is 0 Å². The van der Waals surface area contributed by atoms with Gasteiger partial charge in [-0.1, -0.05) is 36.4 Å². The predicted octanol–water partition coefficient (Wildman–Crippen LogP) is 2.81. The third-order valence-corrected chi connectivity index (χ3v) is 5.14. The minimum atomic E-state index is -3.48. The molecule has 0 aliphatic carbocycles. The molecule has 0 amide bonds. The first-order valence-electron chi connectivity index (χ1n) is 6.43. The quantitative estimate of drug-likeness (QED) is 0.942. The van der Waals surface area contributed by atoms with Gasteiger partial charge in [0.2, 0.25) is 0 Å². The average molecular weight is 290 g/mol. The van der Waals surface area contributed by atoms with Gasteiger partial charge < -0.3 is 5.11 Å². The molecule has 0 saturated carbocycles. The van der Waals surface area contributed by atoms with Crippen molar-refractivity contribution >= 4 is 9.84 Å². The fraction of sp³-hybridized carbons (Fsp3) is 0.250. The molecule has 0 aliphatic rings. The first-order chi connectivity index (χ1) is 9.40. The summed E-state index contributed by atoms with van der Waals surface area (Å²) in [6.45, 7) is 3.92. The minimum absolute atomic E-state index is 0.239. The van der Waals surface area contributed by atoms with Crippen LogP contribution in [0.25, 0.3) is 0 Å². The average Bonchev–Trinajstić information content (AvgIpc) is 2.42. The predicted molar refractivity (Wildman–Crippen MR) is 79.4 cm³/mol. The van der Waals surface area contributed by atoms with Gasteiger partial charge in [-0.05, 0) is 42.7 Å². The molecule has 0 saturated heterocycles. The van der Waals surface area contributed by atoms with Crippen LogP contribution in [0.4, 0.5) is 0 Å². The van der Waals surface area contributed by atoms with Crippen LogP contribution in [0.3, 0.4) is 0 Å². The van der Waals surface area contributed by atoms with Crippen molar-refractivity contribution in [2.24, 2.45) is 0 Å². The number of aliphatic hydroxyl groups is 1. The Morgan fingerprint density at radius 2 is 1.65 bits per heavy atom. The molecule has 0 heterocycles. The smallest absolute Gasteiger partial charge is 0.181 e. The second kappa shape index (κ2) is 5.77. The largest absolute Gasteiger partial charge is 0.387 e. The van der Waals surface area contributed by atoms with Crippen LogP contribution in [0.2, 0.25) is 0 Å². The fourth-order valence-corrected chi connectivity index (χ4v) is 3.37. The second-order valence-electron chi connectivity index (χ2n) is 4.95. The lowest BCUT2D eigenvalue weighted by molar-refractivity contribution is 0.201. The van der Waals surface area contributed by atoms with E-state index >= 15 is 0 Å². The van der Waals surface area contributed by atoms with Gasteiger partial charge in [0, 0.05) is 0 Å². The Morgan fingerprint density at radius 1 is 1.00 bits per heavy atom. The second-order valence-corrected chi connectivity index (χ2v) is 6.99. The van der Waals surface area contributed by atoms with Crippen molar-refractivity contribution in [3.63, 3.8) is 0 Å². The van der Waals surface area contributed by atoms with Crippen molar-refractivity contribution in [3.8, 4) is 0 Å². The third kappa shape index (κ3) is 3.26. The Kier molecular flexibility index (Phi) is 4.26. The van der Waals surface area contributed by atoms with Gasteiger partial charge in [-0.15, -0.1) is 0 Å². The molecule has 3 nitrogen and oxygen atoms in total. The standard InChI is InChI=1S/C16H18O3S/c1-12-8-9-14(10-13(12)2)16(17)11-20(18,19)15-6-4-3-5-7-15/h3-10,16-17H,11H2,1-2H3. The Morgan fingerprint density at radius 3 is 2.25 bits per heavy atom. The van der Waals surface area contributed by atoms with E-state index in [0.717, 1.165) is 11.1 Å². The zero-order valence-electron chi connectivity index (χ0n) is 11.6. The highest BCUT2D eigenvalue weighted by atomic mass is 32.2. The summed E-state index contributed by atoms with van der Waals surface area (Å²) in [6, 6.07) is 13.7. The highest BCUT2D eigenvalue weighted by Crippen LogP contribution is 2.21. The molecule has 2 aromatic rings. The van der Waals surface area contributed by atoms with E-state index in [0.29, 0.717) is 5.56 Å². The van der Waals surface area contributed by atoms with Gasteiger partial charge in [-0.25, -0.2) is 8.42 Å². The summed E-state index contributed by atoms with van der Waals surface area (Å²) in [6.07, 6.45) is -1.01. The lowest BCUT2D eigenvalue weighted by Gasteiger charge is -2.13. The SMILES string of the molecule is Cc1ccc(C(O)CS(=O)(=O)c2ccccc2)cc1C. The number of aryl methyl sites for hydroxylation is 2. The van der Waals surface area contributed by atoms with E-state index in [1.54, 1.807) is 36.4 Å². The maximum atomic E-state index is 12.2. The van der Waals surface area contributed by atoms with Gasteiger partial charge in [0.15, 0.2) is 9.84 Å². The molecular weight excluding hydrogens is 272 g/mol. The Bertz CT molecular complexity index is 691. The summed E-state index contributed by atoms with van der Waals surface area (Å²) >= 11 is 0. The van der Waals surface area contributed by atoms with Gasteiger partial charge in [0.25, 0.3) is 0 Å². The Labute approximate surface area is 119 Å². The molecule has 0 bridgehead atoms. The number of sulfone groups is 1. The molecule has 1 atom stereocenters. The first-order valence-corrected chi connectivity index (χ1v) is 8.08. The highest BCUT2D eigenvalue weighted by Gasteiger charge is 2.20. The van der Waals surface area contributed by atoms with E-state index in [2.05, 4.69) is 0 Å². The van der Waals surface area contributed by atoms with Crippen LogP contribution in [0.15, 0.2) is 53.4 Å². The molecule has 0 aromatic heterocycles. The Hall–Kier alpha value is -1.65. The molecule has 1 N–H and O–H groups in total. The molecular formula is C16H18O3S. The molecule has 0 radical (unpaired) electrons. The van der Waals surface area contributed by atoms with E-state index in [1.165, 1.54) is 0 Å². The van der Waals surface area contributed by atoms with Crippen LogP contribution in [0.5, 0.6) is 0 Å². The number of benzene rings is 2. The molecule has 106 valence electrons. The lowest BCUT2D eigenvalue weighted by atomic mass is 10.0. The number of hydrogen-bond donors (Lipinski definition) is 1. The fourth-order valence-electron chi connectivity index (χ4n) is 2.00. The van der Waals surface area contributed by atoms with Crippen molar-refractivity contribution in [1.82, 2.24) is 0 Å². The maximum absolute atomic E-state index is 12.2. The van der Waals surface area contributed by atoms with E-state index < -0.39 is 15.9 Å². The van der Waals surface area contributed by atoms with Gasteiger partial charge >= 0.3 is 0 Å². The van der Waals surface area contributed by atoms with Gasteiger partial charge in [-0.2, -0.15) is 0 Å². The molecule has 0 spiro atoms. The third-order valence-electron chi connectivity index (χ3n) is 3.40. The van der Waals surface area contributed by atoms with Crippen molar-refractivity contribution in [3.05, 3.63) is 65.2 Å². The summed E-state index contributed by atoms with van der Waals surface area (Å²) < 4.78 is 24.4. The molecule has 2 aromatic carbocycles. The van der Waals surface area contributed by atoms with Crippen LogP contribution in [0.1, 0.15) is 22.8 Å². The van der Waals surface area contributed by atoms with Crippen LogP contribution < -0.4 is 0 Å². The monoisotopic (exact) mass is 290 g/mol. The highest BCUT2D eigenvalue weighted by molar-refractivity contribution is 7.91. The Balaban J connectivity index is 2.23. The van der Waals surface area contributed by atoms with E-state index in [4.69, 9.17) is 0 Å². The zero-order chi connectivity index (χ0) is 14.8. The van der Waals surface area contributed by atoms with Crippen molar-refractivity contribution in [2.75, 3.05) is 5.75 Å². The van der Waals surface area contributed by atoms with Crippen LogP contribution in [-0.4, -0.2) is 19.3 Å². The minimum Gasteiger partial charge on any atom is -0.387 e. The van der Waals surface area contributed by atoms with Crippen molar-refractivity contribution < 1.29 is 13.5 Å². The maximum Gasteiger partial charge on any atom is 0.181 e. The molecule has 0 fully saturated rings. The van der Waals surface area contributed by atoms with Crippen LogP contribution in [0, 0.1) is 13.8 Å². The van der Waals surface area contributed by atoms with Gasteiger partial charge in [0.1, 0.15) is 0 Å².